The van der Waals surface area contributed by atoms with Gasteiger partial charge in [-0.15, -0.1) is 0 Å². The molecule has 1 aromatic heterocycles. The number of aromatic nitrogens is 2. The van der Waals surface area contributed by atoms with E-state index in [2.05, 4.69) is 9.97 Å². The number of hydrogen-bond donors (Lipinski definition) is 3. The van der Waals surface area contributed by atoms with Crippen LogP contribution in [0.15, 0.2) is 12.4 Å². The van der Waals surface area contributed by atoms with Gasteiger partial charge in [-0.1, -0.05) is 0 Å². The summed E-state index contributed by atoms with van der Waals surface area (Å²) in [5, 5.41) is 26.8. The van der Waals surface area contributed by atoms with Crippen LogP contribution in [0.2, 0.25) is 0 Å². The van der Waals surface area contributed by atoms with Crippen molar-refractivity contribution in [1.82, 2.24) is 9.97 Å². The van der Waals surface area contributed by atoms with Gasteiger partial charge in [-0.3, -0.25) is 0 Å². The van der Waals surface area contributed by atoms with E-state index in [0.29, 0.717) is 5.82 Å². The highest BCUT2D eigenvalue weighted by Crippen LogP contribution is 2.14. The summed E-state index contributed by atoms with van der Waals surface area (Å²) >= 11 is 0. The molecular formula is C8H10N2O4. The maximum Gasteiger partial charge on any atom is 0.335 e. The van der Waals surface area contributed by atoms with Gasteiger partial charge in [0.05, 0.1) is 0 Å². The summed E-state index contributed by atoms with van der Waals surface area (Å²) in [5.41, 5.74) is 0.172. The average Bonchev–Trinajstić information content (AvgIpc) is 2.16. The highest BCUT2D eigenvalue weighted by Gasteiger charge is 2.25. The zero-order valence-corrected chi connectivity index (χ0v) is 7.45. The normalized spacial score (nSPS) is 14.8. The molecule has 6 heteroatoms. The number of aryl methyl sites for hydroxylation is 1. The Kier molecular flexibility index (Phi) is 3.10. The highest BCUT2D eigenvalue weighted by atomic mass is 16.4. The van der Waals surface area contributed by atoms with Crippen LogP contribution in [0.25, 0.3) is 0 Å². The van der Waals surface area contributed by atoms with Crippen LogP contribution < -0.4 is 0 Å². The van der Waals surface area contributed by atoms with Gasteiger partial charge < -0.3 is 15.3 Å². The van der Waals surface area contributed by atoms with Crippen molar-refractivity contribution >= 4 is 5.97 Å². The van der Waals surface area contributed by atoms with Gasteiger partial charge in [0.25, 0.3) is 0 Å². The lowest BCUT2D eigenvalue weighted by Crippen LogP contribution is -2.27. The number of nitrogens with zero attached hydrogens (tertiary/aromatic N) is 2. The number of aliphatic carboxylic acids is 1. The maximum absolute atomic E-state index is 10.3. The van der Waals surface area contributed by atoms with E-state index in [1.807, 2.05) is 0 Å². The predicted octanol–water partition coefficient (Wildman–Crippen LogP) is -0.736. The Morgan fingerprint density at radius 1 is 1.36 bits per heavy atom. The SMILES string of the molecule is Cc1ncc(C(O)C(O)C(=O)O)cn1. The summed E-state index contributed by atoms with van der Waals surface area (Å²) < 4.78 is 0. The predicted molar refractivity (Wildman–Crippen MR) is 45.4 cm³/mol. The Hall–Kier alpha value is -1.53. The molecule has 1 rings (SSSR count). The topological polar surface area (TPSA) is 104 Å². The molecule has 6 nitrogen and oxygen atoms in total. The monoisotopic (exact) mass is 198 g/mol. The van der Waals surface area contributed by atoms with E-state index in [1.165, 1.54) is 12.4 Å². The molecule has 0 saturated heterocycles. The Morgan fingerprint density at radius 2 is 1.86 bits per heavy atom. The summed E-state index contributed by atoms with van der Waals surface area (Å²) in [4.78, 5) is 17.9. The second-order valence-corrected chi connectivity index (χ2v) is 2.79. The second-order valence-electron chi connectivity index (χ2n) is 2.79. The maximum atomic E-state index is 10.3. The summed E-state index contributed by atoms with van der Waals surface area (Å²) in [6, 6.07) is 0. The van der Waals surface area contributed by atoms with Crippen LogP contribution in [0.3, 0.4) is 0 Å². The molecule has 0 saturated carbocycles. The summed E-state index contributed by atoms with van der Waals surface area (Å²) in [5.74, 6) is -0.983. The number of hydrogen-bond acceptors (Lipinski definition) is 5. The van der Waals surface area contributed by atoms with Gasteiger partial charge >= 0.3 is 5.97 Å². The van der Waals surface area contributed by atoms with Crippen LogP contribution in [-0.4, -0.2) is 37.4 Å². The first-order chi connectivity index (χ1) is 6.52. The third kappa shape index (κ3) is 2.24. The molecule has 1 heterocycles. The van der Waals surface area contributed by atoms with E-state index < -0.39 is 18.2 Å². The number of carbonyl (C=O) groups is 1. The molecule has 0 radical (unpaired) electrons. The molecular weight excluding hydrogens is 188 g/mol. The highest BCUT2D eigenvalue weighted by molar-refractivity contribution is 5.72. The standard InChI is InChI=1S/C8H10N2O4/c1-4-9-2-5(3-10-4)6(11)7(12)8(13)14/h2-3,6-7,11-12H,1H3,(H,13,14). The molecule has 2 unspecified atom stereocenters. The van der Waals surface area contributed by atoms with Gasteiger partial charge in [-0.05, 0) is 6.92 Å². The summed E-state index contributed by atoms with van der Waals surface area (Å²) in [6.45, 7) is 1.66. The van der Waals surface area contributed by atoms with Gasteiger partial charge in [0, 0.05) is 18.0 Å². The van der Waals surface area contributed by atoms with E-state index in [1.54, 1.807) is 6.92 Å². The molecule has 14 heavy (non-hydrogen) atoms. The van der Waals surface area contributed by atoms with Gasteiger partial charge in [0.15, 0.2) is 6.10 Å². The average molecular weight is 198 g/mol. The van der Waals surface area contributed by atoms with Gasteiger partial charge in [0.2, 0.25) is 0 Å². The van der Waals surface area contributed by atoms with Gasteiger partial charge in [-0.25, -0.2) is 14.8 Å². The van der Waals surface area contributed by atoms with Crippen LogP contribution in [0.5, 0.6) is 0 Å². The summed E-state index contributed by atoms with van der Waals surface area (Å²) in [7, 11) is 0. The molecule has 0 aliphatic rings. The number of carboxylic acids is 1. The third-order valence-electron chi connectivity index (χ3n) is 1.69. The second kappa shape index (κ2) is 4.12. The molecule has 0 aliphatic heterocycles. The van der Waals surface area contributed by atoms with Crippen LogP contribution in [0, 0.1) is 6.92 Å². The van der Waals surface area contributed by atoms with Crippen molar-refractivity contribution in [1.29, 1.82) is 0 Å². The molecule has 3 N–H and O–H groups in total. The Morgan fingerprint density at radius 3 is 2.29 bits per heavy atom. The van der Waals surface area contributed by atoms with Crippen LogP contribution in [0.1, 0.15) is 17.5 Å². The van der Waals surface area contributed by atoms with Gasteiger partial charge in [-0.2, -0.15) is 0 Å². The fraction of sp³-hybridized carbons (Fsp3) is 0.375. The fourth-order valence-corrected chi connectivity index (χ4v) is 0.873. The lowest BCUT2D eigenvalue weighted by atomic mass is 10.1. The van der Waals surface area contributed by atoms with Crippen LogP contribution >= 0.6 is 0 Å². The lowest BCUT2D eigenvalue weighted by molar-refractivity contribution is -0.153. The molecule has 0 spiro atoms. The van der Waals surface area contributed by atoms with Crippen molar-refractivity contribution in [3.8, 4) is 0 Å². The molecule has 1 aromatic rings. The minimum atomic E-state index is -1.86. The Bertz CT molecular complexity index is 325. The first-order valence-corrected chi connectivity index (χ1v) is 3.90. The zero-order valence-electron chi connectivity index (χ0n) is 7.45. The van der Waals surface area contributed by atoms with Crippen molar-refractivity contribution in [2.45, 2.75) is 19.1 Å². The molecule has 76 valence electrons. The Balaban J connectivity index is 2.84. The van der Waals surface area contributed by atoms with Crippen LogP contribution in [-0.2, 0) is 4.79 Å². The number of rotatable bonds is 3. The van der Waals surface area contributed by atoms with Crippen molar-refractivity contribution < 1.29 is 20.1 Å². The molecule has 0 bridgehead atoms. The summed E-state index contributed by atoms with van der Waals surface area (Å²) in [6.07, 6.45) is -0.812. The van der Waals surface area contributed by atoms with Crippen molar-refractivity contribution in [3.63, 3.8) is 0 Å². The quantitative estimate of drug-likeness (QED) is 0.591. The largest absolute Gasteiger partial charge is 0.479 e. The Labute approximate surface area is 79.9 Å². The molecule has 2 atom stereocenters. The van der Waals surface area contributed by atoms with E-state index >= 15 is 0 Å². The molecule has 0 aromatic carbocycles. The first-order valence-electron chi connectivity index (χ1n) is 3.90. The smallest absolute Gasteiger partial charge is 0.335 e. The lowest BCUT2D eigenvalue weighted by Gasteiger charge is -2.13. The minimum absolute atomic E-state index is 0.172. The first kappa shape index (κ1) is 10.6. The van der Waals surface area contributed by atoms with E-state index in [-0.39, 0.29) is 5.56 Å². The molecule has 0 aliphatic carbocycles. The number of carboxylic acid groups (broad SMARTS) is 1. The van der Waals surface area contributed by atoms with E-state index in [4.69, 9.17) is 10.2 Å². The van der Waals surface area contributed by atoms with E-state index in [9.17, 15) is 9.90 Å². The van der Waals surface area contributed by atoms with Crippen molar-refractivity contribution in [2.75, 3.05) is 0 Å². The minimum Gasteiger partial charge on any atom is -0.479 e. The third-order valence-corrected chi connectivity index (χ3v) is 1.69. The van der Waals surface area contributed by atoms with Crippen LogP contribution in [0.4, 0.5) is 0 Å². The number of aliphatic hydroxyl groups is 2. The number of aliphatic hydroxyl groups excluding tert-OH is 2. The van der Waals surface area contributed by atoms with Crippen molar-refractivity contribution in [3.05, 3.63) is 23.8 Å². The zero-order chi connectivity index (χ0) is 10.7. The van der Waals surface area contributed by atoms with Crippen molar-refractivity contribution in [2.24, 2.45) is 0 Å². The van der Waals surface area contributed by atoms with E-state index in [0.717, 1.165) is 0 Å². The molecule has 0 amide bonds. The molecule has 0 fully saturated rings. The fourth-order valence-electron chi connectivity index (χ4n) is 0.873. The van der Waals surface area contributed by atoms with Gasteiger partial charge in [0.1, 0.15) is 11.9 Å².